The number of fused-ring (bicyclic) bond motifs is 2. The van der Waals surface area contributed by atoms with Crippen molar-refractivity contribution >= 4 is 5.91 Å². The topological polar surface area (TPSA) is 60.2 Å². The van der Waals surface area contributed by atoms with Crippen LogP contribution in [0.1, 0.15) is 40.0 Å². The Balaban J connectivity index is 1.29. The number of nitrogens with zero attached hydrogens (tertiary/aromatic N) is 4. The molecular weight excluding hydrogens is 481 g/mol. The highest BCUT2D eigenvalue weighted by Crippen LogP contribution is 2.44. The summed E-state index contributed by atoms with van der Waals surface area (Å²) in [7, 11) is 0. The zero-order chi connectivity index (χ0) is 25.6. The van der Waals surface area contributed by atoms with E-state index < -0.39 is 11.7 Å². The molecule has 1 saturated heterocycles. The maximum Gasteiger partial charge on any atom is 0.416 e. The summed E-state index contributed by atoms with van der Waals surface area (Å²) in [5.41, 5.74) is 3.27. The first kappa shape index (κ1) is 23.4. The molecular formula is C28H23F3N4O2. The van der Waals surface area contributed by atoms with Crippen molar-refractivity contribution in [3.05, 3.63) is 102 Å². The molecule has 2 aliphatic rings. The third-order valence-electron chi connectivity index (χ3n) is 7.21. The molecule has 6 rings (SSSR count). The Hall–Kier alpha value is -3.98. The quantitative estimate of drug-likeness (QED) is 0.364. The van der Waals surface area contributed by atoms with Crippen molar-refractivity contribution in [1.29, 1.82) is 0 Å². The molecule has 6 nitrogen and oxygen atoms in total. The van der Waals surface area contributed by atoms with Crippen LogP contribution in [0.5, 0.6) is 0 Å². The largest absolute Gasteiger partial charge is 0.416 e. The summed E-state index contributed by atoms with van der Waals surface area (Å²) in [5.74, 6) is -0.220. The van der Waals surface area contributed by atoms with Crippen molar-refractivity contribution in [3.63, 3.8) is 0 Å². The van der Waals surface area contributed by atoms with Gasteiger partial charge in [-0.15, -0.1) is 0 Å². The second kappa shape index (κ2) is 8.85. The molecule has 2 aromatic heterocycles. The first-order chi connectivity index (χ1) is 17.8. The third kappa shape index (κ3) is 4.19. The molecule has 0 aliphatic carbocycles. The van der Waals surface area contributed by atoms with Crippen LogP contribution in [0, 0.1) is 0 Å². The van der Waals surface area contributed by atoms with Crippen LogP contribution in [0.4, 0.5) is 13.2 Å². The molecule has 0 radical (unpaired) electrons. The molecule has 2 aliphatic heterocycles. The number of halogens is 3. The Morgan fingerprint density at radius 1 is 0.946 bits per heavy atom. The Bertz CT molecular complexity index is 1440. The first-order valence-electron chi connectivity index (χ1n) is 12.0. The molecule has 2 aromatic carbocycles. The number of amides is 1. The number of carbonyl (C=O) groups is 1. The number of hydrogen-bond donors (Lipinski definition) is 0. The Kier molecular flexibility index (Phi) is 5.60. The van der Waals surface area contributed by atoms with Crippen LogP contribution in [-0.4, -0.2) is 38.7 Å². The summed E-state index contributed by atoms with van der Waals surface area (Å²) in [6, 6.07) is 18.2. The summed E-state index contributed by atoms with van der Waals surface area (Å²) in [6.45, 7) is 1.62. The van der Waals surface area contributed by atoms with Crippen molar-refractivity contribution in [3.8, 4) is 16.9 Å². The highest BCUT2D eigenvalue weighted by Gasteiger charge is 2.43. The standard InChI is InChI=1S/C28H23F3N4O2/c29-28(30,31)21-5-7-22(8-6-21)35-25(19-9-13-32-14-10-19)17-24(33-35)26(36)34-15-11-27(12-16-34)23-4-2-1-3-20(23)18-37-27/h1-10,13-14,17H,11-12,15-16,18H2. The minimum atomic E-state index is -4.44. The summed E-state index contributed by atoms with van der Waals surface area (Å²) >= 11 is 0. The summed E-state index contributed by atoms with van der Waals surface area (Å²) < 4.78 is 47.0. The van der Waals surface area contributed by atoms with Gasteiger partial charge in [-0.1, -0.05) is 24.3 Å². The number of carbonyl (C=O) groups excluding carboxylic acids is 1. The average Bonchev–Trinajstić information content (AvgIpc) is 3.52. The van der Waals surface area contributed by atoms with Crippen LogP contribution in [-0.2, 0) is 23.1 Å². The monoisotopic (exact) mass is 504 g/mol. The van der Waals surface area contributed by atoms with Gasteiger partial charge in [0.15, 0.2) is 5.69 Å². The van der Waals surface area contributed by atoms with E-state index >= 15 is 0 Å². The fourth-order valence-corrected chi connectivity index (χ4v) is 5.23. The van der Waals surface area contributed by atoms with Crippen LogP contribution in [0.25, 0.3) is 16.9 Å². The van der Waals surface area contributed by atoms with Crippen LogP contribution in [0.15, 0.2) is 79.1 Å². The number of likely N-dealkylation sites (tertiary alicyclic amines) is 1. The molecule has 1 amide bonds. The molecule has 9 heteroatoms. The van der Waals surface area contributed by atoms with E-state index in [4.69, 9.17) is 4.74 Å². The Labute approximate surface area is 211 Å². The number of rotatable bonds is 3. The predicted octanol–water partition coefficient (Wildman–Crippen LogP) is 5.61. The van der Waals surface area contributed by atoms with Crippen molar-refractivity contribution in [2.24, 2.45) is 0 Å². The minimum Gasteiger partial charge on any atom is -0.365 e. The number of pyridine rings is 1. The van der Waals surface area contributed by atoms with Gasteiger partial charge in [0.1, 0.15) is 0 Å². The Morgan fingerprint density at radius 3 is 2.35 bits per heavy atom. The lowest BCUT2D eigenvalue weighted by Gasteiger charge is -2.39. The van der Waals surface area contributed by atoms with Crippen molar-refractivity contribution in [2.45, 2.75) is 31.2 Å². The molecule has 0 N–H and O–H groups in total. The van der Waals surface area contributed by atoms with Crippen molar-refractivity contribution in [1.82, 2.24) is 19.7 Å². The molecule has 1 spiro atoms. The second-order valence-electron chi connectivity index (χ2n) is 9.34. The SMILES string of the molecule is O=C(c1cc(-c2ccncc2)n(-c2ccc(C(F)(F)F)cc2)n1)N1CCC2(CC1)OCc1ccccc12. The van der Waals surface area contributed by atoms with E-state index in [0.29, 0.717) is 43.9 Å². The van der Waals surface area contributed by atoms with E-state index in [1.807, 2.05) is 12.1 Å². The highest BCUT2D eigenvalue weighted by molar-refractivity contribution is 5.93. The smallest absolute Gasteiger partial charge is 0.365 e. The Morgan fingerprint density at radius 2 is 1.65 bits per heavy atom. The minimum absolute atomic E-state index is 0.220. The number of piperidine rings is 1. The number of hydrogen-bond acceptors (Lipinski definition) is 4. The fraction of sp³-hybridized carbons (Fsp3) is 0.250. The molecule has 188 valence electrons. The lowest BCUT2D eigenvalue weighted by molar-refractivity contribution is -0.137. The molecule has 0 saturated carbocycles. The van der Waals surface area contributed by atoms with Crippen molar-refractivity contribution < 1.29 is 22.7 Å². The second-order valence-corrected chi connectivity index (χ2v) is 9.34. The van der Waals surface area contributed by atoms with Crippen LogP contribution < -0.4 is 0 Å². The third-order valence-corrected chi connectivity index (χ3v) is 7.21. The zero-order valence-electron chi connectivity index (χ0n) is 19.8. The molecule has 37 heavy (non-hydrogen) atoms. The van der Waals surface area contributed by atoms with Gasteiger partial charge < -0.3 is 9.64 Å². The maximum atomic E-state index is 13.5. The molecule has 0 unspecified atom stereocenters. The first-order valence-corrected chi connectivity index (χ1v) is 12.0. The highest BCUT2D eigenvalue weighted by atomic mass is 19.4. The zero-order valence-corrected chi connectivity index (χ0v) is 19.8. The molecule has 1 fully saturated rings. The van der Waals surface area contributed by atoms with Crippen LogP contribution >= 0.6 is 0 Å². The lowest BCUT2D eigenvalue weighted by atomic mass is 9.84. The molecule has 0 atom stereocenters. The van der Waals surface area contributed by atoms with E-state index in [2.05, 4.69) is 22.2 Å². The van der Waals surface area contributed by atoms with Gasteiger partial charge in [0.05, 0.1) is 29.2 Å². The van der Waals surface area contributed by atoms with Gasteiger partial charge in [0.2, 0.25) is 0 Å². The maximum absolute atomic E-state index is 13.5. The molecule has 0 bridgehead atoms. The summed E-state index contributed by atoms with van der Waals surface area (Å²) in [4.78, 5) is 19.3. The van der Waals surface area contributed by atoms with Gasteiger partial charge in [0, 0.05) is 31.0 Å². The van der Waals surface area contributed by atoms with E-state index in [9.17, 15) is 18.0 Å². The predicted molar refractivity (Wildman–Crippen MR) is 130 cm³/mol. The van der Waals surface area contributed by atoms with Crippen molar-refractivity contribution in [2.75, 3.05) is 13.1 Å². The van der Waals surface area contributed by atoms with Gasteiger partial charge in [0.25, 0.3) is 5.91 Å². The number of benzene rings is 2. The van der Waals surface area contributed by atoms with Gasteiger partial charge in [-0.05, 0) is 66.4 Å². The normalized spacial score (nSPS) is 16.7. The van der Waals surface area contributed by atoms with E-state index in [1.165, 1.54) is 27.9 Å². The average molecular weight is 505 g/mol. The molecule has 4 aromatic rings. The van der Waals surface area contributed by atoms with E-state index in [1.54, 1.807) is 35.5 Å². The van der Waals surface area contributed by atoms with Gasteiger partial charge >= 0.3 is 6.18 Å². The van der Waals surface area contributed by atoms with Gasteiger partial charge in [-0.2, -0.15) is 18.3 Å². The van der Waals surface area contributed by atoms with E-state index in [-0.39, 0.29) is 17.2 Å². The van der Waals surface area contributed by atoms with Crippen LogP contribution in [0.2, 0.25) is 0 Å². The van der Waals surface area contributed by atoms with Gasteiger partial charge in [-0.25, -0.2) is 4.68 Å². The molecule has 4 heterocycles. The number of ether oxygens (including phenoxy) is 1. The summed E-state index contributed by atoms with van der Waals surface area (Å²) in [6.07, 6.45) is 0.168. The number of aromatic nitrogens is 3. The summed E-state index contributed by atoms with van der Waals surface area (Å²) in [5, 5.41) is 4.54. The lowest BCUT2D eigenvalue weighted by Crippen LogP contribution is -2.45. The van der Waals surface area contributed by atoms with Gasteiger partial charge in [-0.3, -0.25) is 9.78 Å². The number of alkyl halides is 3. The van der Waals surface area contributed by atoms with Crippen LogP contribution in [0.3, 0.4) is 0 Å². The fourth-order valence-electron chi connectivity index (χ4n) is 5.23. The van der Waals surface area contributed by atoms with E-state index in [0.717, 1.165) is 17.7 Å².